The number of carbonyl (C=O) groups is 1. The number of aromatic nitrogens is 1. The fraction of sp³-hybridized carbons (Fsp3) is 0.167. The highest BCUT2D eigenvalue weighted by molar-refractivity contribution is 5.95. The average molecular weight is 219 g/mol. The number of nitrogens with zero attached hydrogens (tertiary/aromatic N) is 1. The molecule has 0 atom stereocenters. The second-order valence-electron chi connectivity index (χ2n) is 3.39. The van der Waals surface area contributed by atoms with Crippen LogP contribution < -0.4 is 0 Å². The number of para-hydroxylation sites is 1. The van der Waals surface area contributed by atoms with Gasteiger partial charge in [0.1, 0.15) is 11.4 Å². The van der Waals surface area contributed by atoms with Crippen LogP contribution in [0.1, 0.15) is 16.1 Å². The van der Waals surface area contributed by atoms with E-state index in [0.29, 0.717) is 16.6 Å². The number of hydrogen-bond donors (Lipinski definition) is 0. The lowest BCUT2D eigenvalue weighted by Gasteiger charge is -2.07. The molecule has 0 aliphatic carbocycles. The Bertz CT molecular complexity index is 566. The van der Waals surface area contributed by atoms with E-state index in [-0.39, 0.29) is 5.56 Å². The van der Waals surface area contributed by atoms with E-state index in [1.54, 1.807) is 31.2 Å². The molecule has 0 spiro atoms. The SMILES string of the molecule is COC(=O)c1c(C)nc2ccccc2c1F. The van der Waals surface area contributed by atoms with Gasteiger partial charge in [-0.3, -0.25) is 4.98 Å². The summed E-state index contributed by atoms with van der Waals surface area (Å²) in [5, 5.41) is 0.327. The summed E-state index contributed by atoms with van der Waals surface area (Å²) in [6.45, 7) is 1.59. The number of ether oxygens (including phenoxy) is 1. The molecule has 1 aromatic heterocycles. The molecule has 0 bridgehead atoms. The molecule has 4 heteroatoms. The molecule has 0 unspecified atom stereocenters. The summed E-state index contributed by atoms with van der Waals surface area (Å²) < 4.78 is 18.6. The fourth-order valence-electron chi connectivity index (χ4n) is 1.63. The molecule has 2 aromatic rings. The van der Waals surface area contributed by atoms with Crippen molar-refractivity contribution in [3.05, 3.63) is 41.3 Å². The van der Waals surface area contributed by atoms with Crippen LogP contribution >= 0.6 is 0 Å². The third kappa shape index (κ3) is 1.52. The van der Waals surface area contributed by atoms with Gasteiger partial charge in [-0.05, 0) is 19.1 Å². The maximum absolute atomic E-state index is 14.0. The smallest absolute Gasteiger partial charge is 0.342 e. The molecule has 3 nitrogen and oxygen atoms in total. The highest BCUT2D eigenvalue weighted by Gasteiger charge is 2.19. The summed E-state index contributed by atoms with van der Waals surface area (Å²) in [5.41, 5.74) is 0.773. The number of hydrogen-bond acceptors (Lipinski definition) is 3. The first-order valence-corrected chi connectivity index (χ1v) is 4.78. The van der Waals surface area contributed by atoms with Crippen molar-refractivity contribution in [3.8, 4) is 0 Å². The first-order valence-electron chi connectivity index (χ1n) is 4.78. The second kappa shape index (κ2) is 3.89. The molecule has 82 valence electrons. The van der Waals surface area contributed by atoms with Crippen LogP contribution in [-0.2, 0) is 4.74 Å². The Kier molecular flexibility index (Phi) is 2.56. The predicted octanol–water partition coefficient (Wildman–Crippen LogP) is 2.47. The maximum atomic E-state index is 14.0. The van der Waals surface area contributed by atoms with E-state index < -0.39 is 11.8 Å². The molecule has 16 heavy (non-hydrogen) atoms. The predicted molar refractivity (Wildman–Crippen MR) is 57.8 cm³/mol. The minimum absolute atomic E-state index is 0.0961. The van der Waals surface area contributed by atoms with E-state index in [4.69, 9.17) is 0 Å². The van der Waals surface area contributed by atoms with Crippen LogP contribution in [0.15, 0.2) is 24.3 Å². The van der Waals surface area contributed by atoms with Crippen molar-refractivity contribution >= 4 is 16.9 Å². The molecule has 1 heterocycles. The normalized spacial score (nSPS) is 10.4. The summed E-state index contributed by atoms with van der Waals surface area (Å²) in [5.74, 6) is -1.27. The number of carbonyl (C=O) groups excluding carboxylic acids is 1. The van der Waals surface area contributed by atoms with Crippen LogP contribution in [0.25, 0.3) is 10.9 Å². The van der Waals surface area contributed by atoms with Crippen LogP contribution in [0.5, 0.6) is 0 Å². The van der Waals surface area contributed by atoms with E-state index in [1.807, 2.05) is 0 Å². The Morgan fingerprint density at radius 3 is 2.75 bits per heavy atom. The van der Waals surface area contributed by atoms with Crippen molar-refractivity contribution in [2.75, 3.05) is 7.11 Å². The molecule has 2 rings (SSSR count). The zero-order valence-electron chi connectivity index (χ0n) is 8.95. The minimum Gasteiger partial charge on any atom is -0.465 e. The van der Waals surface area contributed by atoms with E-state index in [0.717, 1.165) is 0 Å². The summed E-state index contributed by atoms with van der Waals surface area (Å²) in [7, 11) is 1.22. The van der Waals surface area contributed by atoms with Gasteiger partial charge >= 0.3 is 5.97 Å². The lowest BCUT2D eigenvalue weighted by molar-refractivity contribution is 0.0594. The molecule has 0 amide bonds. The van der Waals surface area contributed by atoms with Gasteiger partial charge in [-0.15, -0.1) is 0 Å². The van der Waals surface area contributed by atoms with Crippen molar-refractivity contribution in [2.45, 2.75) is 6.92 Å². The van der Waals surface area contributed by atoms with Crippen LogP contribution in [0.3, 0.4) is 0 Å². The first kappa shape index (κ1) is 10.5. The van der Waals surface area contributed by atoms with Crippen molar-refractivity contribution in [2.24, 2.45) is 0 Å². The molecule has 1 aromatic carbocycles. The van der Waals surface area contributed by atoms with Crippen molar-refractivity contribution in [1.82, 2.24) is 4.98 Å². The monoisotopic (exact) mass is 219 g/mol. The molecular weight excluding hydrogens is 209 g/mol. The third-order valence-electron chi connectivity index (χ3n) is 2.40. The lowest BCUT2D eigenvalue weighted by atomic mass is 10.1. The molecule has 0 fully saturated rings. The van der Waals surface area contributed by atoms with Gasteiger partial charge in [-0.2, -0.15) is 0 Å². The number of fused-ring (bicyclic) bond motifs is 1. The third-order valence-corrected chi connectivity index (χ3v) is 2.40. The molecule has 0 saturated heterocycles. The lowest BCUT2D eigenvalue weighted by Crippen LogP contribution is -2.09. The van der Waals surface area contributed by atoms with Gasteiger partial charge < -0.3 is 4.74 Å². The molecule has 0 radical (unpaired) electrons. The molecule has 0 saturated carbocycles. The van der Waals surface area contributed by atoms with Crippen molar-refractivity contribution in [1.29, 1.82) is 0 Å². The van der Waals surface area contributed by atoms with Gasteiger partial charge in [0.25, 0.3) is 0 Å². The molecular formula is C12H10FNO2. The Morgan fingerprint density at radius 1 is 1.38 bits per heavy atom. The average Bonchev–Trinajstić information content (AvgIpc) is 2.28. The Hall–Kier alpha value is -1.97. The highest BCUT2D eigenvalue weighted by atomic mass is 19.1. The minimum atomic E-state index is -0.701. The van der Waals surface area contributed by atoms with Gasteiger partial charge in [0.2, 0.25) is 0 Å². The van der Waals surface area contributed by atoms with Gasteiger partial charge in [0.05, 0.1) is 18.3 Å². The van der Waals surface area contributed by atoms with Crippen molar-refractivity contribution < 1.29 is 13.9 Å². The summed E-state index contributed by atoms with van der Waals surface area (Å²) in [6.07, 6.45) is 0. The molecule has 0 aliphatic heterocycles. The number of halogens is 1. The summed E-state index contributed by atoms with van der Waals surface area (Å²) in [6, 6.07) is 6.76. The van der Waals surface area contributed by atoms with Crippen LogP contribution in [0, 0.1) is 12.7 Å². The summed E-state index contributed by atoms with van der Waals surface area (Å²) in [4.78, 5) is 15.6. The Labute approximate surface area is 91.9 Å². The zero-order valence-corrected chi connectivity index (χ0v) is 8.95. The van der Waals surface area contributed by atoms with Crippen LogP contribution in [0.4, 0.5) is 4.39 Å². The number of pyridine rings is 1. The number of benzene rings is 1. The fourth-order valence-corrected chi connectivity index (χ4v) is 1.63. The standard InChI is InChI=1S/C12H10FNO2/c1-7-10(12(15)16-2)11(13)8-5-3-4-6-9(8)14-7/h3-6H,1-2H3. The van der Waals surface area contributed by atoms with Gasteiger partial charge in [-0.1, -0.05) is 12.1 Å². The van der Waals surface area contributed by atoms with E-state index in [1.165, 1.54) is 7.11 Å². The number of methoxy groups -OCH3 is 1. The number of rotatable bonds is 1. The van der Waals surface area contributed by atoms with Gasteiger partial charge in [0.15, 0.2) is 0 Å². The van der Waals surface area contributed by atoms with Crippen molar-refractivity contribution in [3.63, 3.8) is 0 Å². The van der Waals surface area contributed by atoms with Crippen LogP contribution in [0.2, 0.25) is 0 Å². The summed E-state index contributed by atoms with van der Waals surface area (Å²) >= 11 is 0. The molecule has 0 N–H and O–H groups in total. The zero-order chi connectivity index (χ0) is 11.7. The topological polar surface area (TPSA) is 39.2 Å². The van der Waals surface area contributed by atoms with E-state index >= 15 is 0 Å². The molecule has 0 aliphatic rings. The van der Waals surface area contributed by atoms with Gasteiger partial charge in [-0.25, -0.2) is 9.18 Å². The van der Waals surface area contributed by atoms with Crippen LogP contribution in [-0.4, -0.2) is 18.1 Å². The largest absolute Gasteiger partial charge is 0.465 e. The van der Waals surface area contributed by atoms with Gasteiger partial charge in [0, 0.05) is 5.39 Å². The quantitative estimate of drug-likeness (QED) is 0.691. The maximum Gasteiger partial charge on any atom is 0.342 e. The Morgan fingerprint density at radius 2 is 2.06 bits per heavy atom. The van der Waals surface area contributed by atoms with E-state index in [2.05, 4.69) is 9.72 Å². The number of esters is 1. The first-order chi connectivity index (χ1) is 7.65. The van der Waals surface area contributed by atoms with E-state index in [9.17, 15) is 9.18 Å². The number of aryl methyl sites for hydroxylation is 1. The second-order valence-corrected chi connectivity index (χ2v) is 3.39. The highest BCUT2D eigenvalue weighted by Crippen LogP contribution is 2.22. The Balaban J connectivity index is 2.80.